The van der Waals surface area contributed by atoms with Crippen molar-refractivity contribution in [3.63, 3.8) is 0 Å². The monoisotopic (exact) mass is 420 g/mol. The Morgan fingerprint density at radius 2 is 1.88 bits per heavy atom. The van der Waals surface area contributed by atoms with Crippen LogP contribution in [0.2, 0.25) is 5.02 Å². The third-order valence-corrected chi connectivity index (χ3v) is 6.85. The van der Waals surface area contributed by atoms with E-state index in [2.05, 4.69) is 9.69 Å². The molecule has 0 fully saturated rings. The second-order valence-electron chi connectivity index (χ2n) is 5.29. The number of anilines is 1. The van der Waals surface area contributed by atoms with Gasteiger partial charge in [0.2, 0.25) is 0 Å². The standard InChI is InChI=1S/C17H9ClN2O3S3/c18-9-3-1-8(2-4-9)14-13(17(22)23)11(7-25-14)20-16(21)10-6-24-12-5-19-26-15(10)12/h1-7H,(H,20,21)(H,22,23). The van der Waals surface area contributed by atoms with E-state index >= 15 is 0 Å². The van der Waals surface area contributed by atoms with Crippen molar-refractivity contribution in [2.75, 3.05) is 5.32 Å². The summed E-state index contributed by atoms with van der Waals surface area (Å²) >= 11 is 9.84. The van der Waals surface area contributed by atoms with Gasteiger partial charge >= 0.3 is 5.97 Å². The van der Waals surface area contributed by atoms with E-state index in [1.54, 1.807) is 41.2 Å². The van der Waals surface area contributed by atoms with Gasteiger partial charge in [-0.25, -0.2) is 4.79 Å². The average Bonchev–Trinajstić information content (AvgIpc) is 3.30. The average molecular weight is 421 g/mol. The van der Waals surface area contributed by atoms with E-state index in [1.807, 2.05) is 0 Å². The molecule has 130 valence electrons. The van der Waals surface area contributed by atoms with Crippen molar-refractivity contribution in [2.45, 2.75) is 0 Å². The highest BCUT2D eigenvalue weighted by atomic mass is 35.5. The van der Waals surface area contributed by atoms with E-state index in [4.69, 9.17) is 11.6 Å². The molecule has 26 heavy (non-hydrogen) atoms. The lowest BCUT2D eigenvalue weighted by molar-refractivity contribution is 0.0699. The molecule has 9 heteroatoms. The first-order chi connectivity index (χ1) is 12.5. The minimum atomic E-state index is -1.10. The Kier molecular flexibility index (Phi) is 4.49. The lowest BCUT2D eigenvalue weighted by Crippen LogP contribution is -2.13. The number of hydrogen-bond acceptors (Lipinski definition) is 6. The molecule has 0 radical (unpaired) electrons. The molecular weight excluding hydrogens is 412 g/mol. The van der Waals surface area contributed by atoms with Gasteiger partial charge < -0.3 is 10.4 Å². The van der Waals surface area contributed by atoms with Crippen molar-refractivity contribution < 1.29 is 14.7 Å². The predicted molar refractivity (Wildman–Crippen MR) is 107 cm³/mol. The maximum Gasteiger partial charge on any atom is 0.339 e. The van der Waals surface area contributed by atoms with Crippen LogP contribution in [0, 0.1) is 0 Å². The van der Waals surface area contributed by atoms with Crippen molar-refractivity contribution in [3.05, 3.63) is 57.4 Å². The van der Waals surface area contributed by atoms with E-state index < -0.39 is 5.97 Å². The molecule has 0 spiro atoms. The van der Waals surface area contributed by atoms with Gasteiger partial charge in [-0.15, -0.1) is 22.7 Å². The second kappa shape index (κ2) is 6.81. The highest BCUT2D eigenvalue weighted by molar-refractivity contribution is 7.24. The number of carboxylic acids is 1. The molecule has 0 aliphatic carbocycles. The fraction of sp³-hybridized carbons (Fsp3) is 0. The number of nitrogens with one attached hydrogen (secondary N) is 1. The first-order valence-electron chi connectivity index (χ1n) is 7.28. The number of thiophene rings is 2. The third-order valence-electron chi connectivity index (χ3n) is 3.69. The van der Waals surface area contributed by atoms with Crippen LogP contribution in [0.1, 0.15) is 20.7 Å². The van der Waals surface area contributed by atoms with Gasteiger partial charge in [0.05, 0.1) is 31.7 Å². The zero-order valence-electron chi connectivity index (χ0n) is 12.9. The Hall–Kier alpha value is -2.26. The number of carbonyl (C=O) groups excluding carboxylic acids is 1. The van der Waals surface area contributed by atoms with Gasteiger partial charge in [-0.1, -0.05) is 23.7 Å². The Morgan fingerprint density at radius 1 is 1.12 bits per heavy atom. The normalized spacial score (nSPS) is 11.0. The van der Waals surface area contributed by atoms with Crippen LogP contribution < -0.4 is 5.32 Å². The van der Waals surface area contributed by atoms with Crippen LogP contribution in [-0.2, 0) is 0 Å². The molecule has 0 saturated heterocycles. The van der Waals surface area contributed by atoms with Gasteiger partial charge in [0.1, 0.15) is 5.56 Å². The molecule has 3 aromatic heterocycles. The maximum absolute atomic E-state index is 12.6. The van der Waals surface area contributed by atoms with Gasteiger partial charge in [0.25, 0.3) is 5.91 Å². The van der Waals surface area contributed by atoms with Gasteiger partial charge in [-0.2, -0.15) is 4.37 Å². The Bertz CT molecular complexity index is 1130. The molecule has 1 amide bonds. The van der Waals surface area contributed by atoms with Crippen LogP contribution in [0.4, 0.5) is 5.69 Å². The molecule has 5 nitrogen and oxygen atoms in total. The maximum atomic E-state index is 12.6. The van der Waals surface area contributed by atoms with Gasteiger partial charge in [0.15, 0.2) is 0 Å². The van der Waals surface area contributed by atoms with Gasteiger partial charge in [0, 0.05) is 15.8 Å². The second-order valence-corrected chi connectivity index (χ2v) is 8.32. The molecule has 0 bridgehead atoms. The zero-order chi connectivity index (χ0) is 18.3. The fourth-order valence-electron chi connectivity index (χ4n) is 2.49. The molecule has 3 heterocycles. The minimum absolute atomic E-state index is 0.0708. The van der Waals surface area contributed by atoms with Crippen molar-refractivity contribution in [3.8, 4) is 10.4 Å². The summed E-state index contributed by atoms with van der Waals surface area (Å²) in [5, 5.41) is 16.4. The van der Waals surface area contributed by atoms with Crippen molar-refractivity contribution >= 4 is 72.8 Å². The molecule has 2 N–H and O–H groups in total. The van der Waals surface area contributed by atoms with Crippen LogP contribution in [0.15, 0.2) is 41.2 Å². The zero-order valence-corrected chi connectivity index (χ0v) is 16.1. The fourth-order valence-corrected chi connectivity index (χ4v) is 5.47. The highest BCUT2D eigenvalue weighted by Gasteiger charge is 2.22. The van der Waals surface area contributed by atoms with E-state index in [9.17, 15) is 14.7 Å². The third kappa shape index (κ3) is 3.01. The van der Waals surface area contributed by atoms with Crippen molar-refractivity contribution in [2.24, 2.45) is 0 Å². The van der Waals surface area contributed by atoms with E-state index in [-0.39, 0.29) is 17.2 Å². The van der Waals surface area contributed by atoms with E-state index in [1.165, 1.54) is 34.2 Å². The van der Waals surface area contributed by atoms with E-state index in [0.29, 0.717) is 15.5 Å². The Morgan fingerprint density at radius 3 is 2.62 bits per heavy atom. The van der Waals surface area contributed by atoms with Crippen molar-refractivity contribution in [1.82, 2.24) is 4.37 Å². The number of aromatic carboxylic acids is 1. The number of amides is 1. The molecule has 4 aromatic rings. The summed E-state index contributed by atoms with van der Waals surface area (Å²) in [4.78, 5) is 25.0. The SMILES string of the molecule is O=C(O)c1c(NC(=O)c2csc3cnsc23)csc1-c1ccc(Cl)cc1. The number of halogens is 1. The first kappa shape index (κ1) is 17.2. The highest BCUT2D eigenvalue weighted by Crippen LogP contribution is 2.37. The number of rotatable bonds is 4. The summed E-state index contributed by atoms with van der Waals surface area (Å²) in [6, 6.07) is 6.91. The summed E-state index contributed by atoms with van der Waals surface area (Å²) in [5.74, 6) is -1.44. The van der Waals surface area contributed by atoms with Crippen LogP contribution >= 0.6 is 45.8 Å². The lowest BCUT2D eigenvalue weighted by Gasteiger charge is -2.05. The number of nitrogens with zero attached hydrogens (tertiary/aromatic N) is 1. The summed E-state index contributed by atoms with van der Waals surface area (Å²) in [6.45, 7) is 0. The summed E-state index contributed by atoms with van der Waals surface area (Å²) in [7, 11) is 0. The number of fused-ring (bicyclic) bond motifs is 1. The van der Waals surface area contributed by atoms with Crippen LogP contribution in [0.25, 0.3) is 19.8 Å². The van der Waals surface area contributed by atoms with Gasteiger partial charge in [-0.05, 0) is 29.2 Å². The minimum Gasteiger partial charge on any atom is -0.478 e. The van der Waals surface area contributed by atoms with Crippen LogP contribution in [0.3, 0.4) is 0 Å². The summed E-state index contributed by atoms with van der Waals surface area (Å²) in [5.41, 5.74) is 1.59. The molecule has 0 atom stereocenters. The van der Waals surface area contributed by atoms with E-state index in [0.717, 1.165) is 15.0 Å². The van der Waals surface area contributed by atoms with Crippen LogP contribution in [-0.4, -0.2) is 21.4 Å². The predicted octanol–water partition coefficient (Wildman–Crippen LogP) is 5.69. The molecular formula is C17H9ClN2O3S3. The number of benzene rings is 1. The van der Waals surface area contributed by atoms with Crippen molar-refractivity contribution in [1.29, 1.82) is 0 Å². The first-order valence-corrected chi connectivity index (χ1v) is 10.2. The largest absolute Gasteiger partial charge is 0.478 e. The molecule has 4 rings (SSSR count). The number of hydrogen-bond donors (Lipinski definition) is 2. The topological polar surface area (TPSA) is 79.3 Å². The number of carboxylic acid groups (broad SMARTS) is 1. The lowest BCUT2D eigenvalue weighted by atomic mass is 10.1. The summed E-state index contributed by atoms with van der Waals surface area (Å²) in [6.07, 6.45) is 1.72. The Labute approximate surface area is 164 Å². The molecule has 1 aromatic carbocycles. The molecule has 0 aliphatic heterocycles. The number of carbonyl (C=O) groups is 2. The molecule has 0 unspecified atom stereocenters. The van der Waals surface area contributed by atoms with Gasteiger partial charge in [-0.3, -0.25) is 4.79 Å². The quantitative estimate of drug-likeness (QED) is 0.444. The smallest absolute Gasteiger partial charge is 0.339 e. The Balaban J connectivity index is 1.71. The number of aromatic nitrogens is 1. The molecule has 0 aliphatic rings. The van der Waals surface area contributed by atoms with Crippen LogP contribution in [0.5, 0.6) is 0 Å². The summed E-state index contributed by atoms with van der Waals surface area (Å²) < 4.78 is 5.82. The molecule has 0 saturated carbocycles.